The molecule has 0 N–H and O–H groups in total. The number of thioether (sulfide) groups is 1. The number of hydrogen-bond acceptors (Lipinski definition) is 7. The van der Waals surface area contributed by atoms with Crippen molar-refractivity contribution in [2.45, 2.75) is 31.5 Å². The van der Waals surface area contributed by atoms with Crippen molar-refractivity contribution >= 4 is 17.5 Å². The molecule has 0 unspecified atom stereocenters. The van der Waals surface area contributed by atoms with Gasteiger partial charge in [-0.1, -0.05) is 23.4 Å². The summed E-state index contributed by atoms with van der Waals surface area (Å²) in [4.78, 5) is 0. The van der Waals surface area contributed by atoms with Gasteiger partial charge in [-0.2, -0.15) is 18.6 Å². The quantitative estimate of drug-likeness (QED) is 0.459. The van der Waals surface area contributed by atoms with E-state index in [4.69, 9.17) is 14.6 Å². The molecule has 0 saturated heterocycles. The van der Waals surface area contributed by atoms with E-state index in [1.807, 2.05) is 25.1 Å². The Kier molecular flexibility index (Phi) is 5.92. The lowest BCUT2D eigenvalue weighted by Crippen LogP contribution is -2.14. The van der Waals surface area contributed by atoms with E-state index in [9.17, 15) is 8.78 Å². The molecule has 1 aliphatic heterocycles. The van der Waals surface area contributed by atoms with Crippen LogP contribution >= 0.6 is 11.8 Å². The van der Waals surface area contributed by atoms with Crippen molar-refractivity contribution in [2.75, 3.05) is 19.5 Å². The molecule has 2 aromatic carbocycles. The van der Waals surface area contributed by atoms with E-state index in [0.717, 1.165) is 35.2 Å². The first-order chi connectivity index (χ1) is 16.0. The molecule has 1 fully saturated rings. The number of ether oxygens (including phenoxy) is 3. The van der Waals surface area contributed by atoms with Crippen molar-refractivity contribution in [3.63, 3.8) is 0 Å². The van der Waals surface area contributed by atoms with E-state index < -0.39 is 6.61 Å². The molecule has 2 aliphatic rings. The van der Waals surface area contributed by atoms with Gasteiger partial charge in [-0.3, -0.25) is 0 Å². The van der Waals surface area contributed by atoms with Gasteiger partial charge < -0.3 is 14.2 Å². The molecule has 172 valence electrons. The number of hydrogen-bond donors (Lipinski definition) is 0. The molecule has 3 aromatic rings. The van der Waals surface area contributed by atoms with E-state index in [0.29, 0.717) is 40.8 Å². The first-order valence-electron chi connectivity index (χ1n) is 10.5. The predicted molar refractivity (Wildman–Crippen MR) is 121 cm³/mol. The summed E-state index contributed by atoms with van der Waals surface area (Å²) < 4.78 is 43.4. The second kappa shape index (κ2) is 9.01. The fourth-order valence-corrected chi connectivity index (χ4v) is 4.36. The van der Waals surface area contributed by atoms with Crippen LogP contribution < -0.4 is 14.2 Å². The topological polar surface area (TPSA) is 70.8 Å². The Morgan fingerprint density at radius 1 is 1.09 bits per heavy atom. The van der Waals surface area contributed by atoms with Crippen molar-refractivity contribution in [1.29, 1.82) is 0 Å². The van der Waals surface area contributed by atoms with Crippen LogP contribution in [0.3, 0.4) is 0 Å². The largest absolute Gasteiger partial charge is 0.496 e. The van der Waals surface area contributed by atoms with E-state index in [-0.39, 0.29) is 5.75 Å². The third kappa shape index (κ3) is 4.66. The number of aromatic nitrogens is 3. The SMILES string of the molecule is COc1ccc(C)cc1-c1nnc2n1N=C(c1ccc(OC(F)F)c(OCC3CC3)c1)CS2. The number of methoxy groups -OCH3 is 1. The molecular formula is C23H22F2N4O3S. The number of alkyl halides is 2. The second-order valence-electron chi connectivity index (χ2n) is 7.95. The Bertz CT molecular complexity index is 1210. The first-order valence-corrected chi connectivity index (χ1v) is 11.5. The molecule has 0 bridgehead atoms. The second-order valence-corrected chi connectivity index (χ2v) is 8.89. The molecule has 7 nitrogen and oxygen atoms in total. The summed E-state index contributed by atoms with van der Waals surface area (Å²) in [5, 5.41) is 14.1. The summed E-state index contributed by atoms with van der Waals surface area (Å²) >= 11 is 1.50. The van der Waals surface area contributed by atoms with Crippen molar-refractivity contribution < 1.29 is 23.0 Å². The summed E-state index contributed by atoms with van der Waals surface area (Å²) in [6.45, 7) is -0.448. The lowest BCUT2D eigenvalue weighted by molar-refractivity contribution is -0.0515. The zero-order valence-corrected chi connectivity index (χ0v) is 18.9. The third-order valence-electron chi connectivity index (χ3n) is 5.43. The van der Waals surface area contributed by atoms with E-state index in [2.05, 4.69) is 14.9 Å². The number of aryl methyl sites for hydroxylation is 1. The van der Waals surface area contributed by atoms with Crippen molar-refractivity contribution in [3.8, 4) is 28.6 Å². The van der Waals surface area contributed by atoms with Crippen LogP contribution in [0.2, 0.25) is 0 Å². The molecule has 1 aliphatic carbocycles. The normalized spacial score (nSPS) is 15.2. The Balaban J connectivity index is 1.51. The minimum Gasteiger partial charge on any atom is -0.496 e. The van der Waals surface area contributed by atoms with Crippen LogP contribution in [0.25, 0.3) is 11.4 Å². The van der Waals surface area contributed by atoms with Gasteiger partial charge in [0.2, 0.25) is 5.16 Å². The molecule has 1 aromatic heterocycles. The molecule has 0 spiro atoms. The molecule has 0 radical (unpaired) electrons. The maximum absolute atomic E-state index is 12.9. The van der Waals surface area contributed by atoms with Crippen LogP contribution in [0.15, 0.2) is 46.7 Å². The van der Waals surface area contributed by atoms with Gasteiger partial charge in [-0.25, -0.2) is 0 Å². The average Bonchev–Trinajstić information content (AvgIpc) is 3.54. The average molecular weight is 473 g/mol. The molecule has 10 heteroatoms. The van der Waals surface area contributed by atoms with Gasteiger partial charge in [-0.05, 0) is 56.0 Å². The zero-order chi connectivity index (χ0) is 22.9. The molecular weight excluding hydrogens is 450 g/mol. The van der Waals surface area contributed by atoms with Gasteiger partial charge in [0, 0.05) is 11.3 Å². The number of halogens is 2. The highest BCUT2D eigenvalue weighted by Crippen LogP contribution is 2.37. The molecule has 0 amide bonds. The molecule has 0 atom stereocenters. The summed E-state index contributed by atoms with van der Waals surface area (Å²) in [5.74, 6) is 2.59. The number of fused-ring (bicyclic) bond motifs is 1. The van der Waals surface area contributed by atoms with Crippen molar-refractivity contribution in [1.82, 2.24) is 14.9 Å². The van der Waals surface area contributed by atoms with Gasteiger partial charge in [0.25, 0.3) is 0 Å². The van der Waals surface area contributed by atoms with E-state index in [1.54, 1.807) is 23.9 Å². The fourth-order valence-electron chi connectivity index (χ4n) is 3.52. The van der Waals surface area contributed by atoms with Crippen molar-refractivity contribution in [2.24, 2.45) is 11.0 Å². The highest BCUT2D eigenvalue weighted by molar-refractivity contribution is 7.99. The molecule has 33 heavy (non-hydrogen) atoms. The maximum Gasteiger partial charge on any atom is 0.387 e. The van der Waals surface area contributed by atoms with Gasteiger partial charge in [-0.15, -0.1) is 10.2 Å². The number of rotatable bonds is 8. The summed E-state index contributed by atoms with van der Waals surface area (Å²) in [6, 6.07) is 10.8. The fraction of sp³-hybridized carbons (Fsp3) is 0.348. The van der Waals surface area contributed by atoms with E-state index in [1.165, 1.54) is 17.8 Å². The standard InChI is InChI=1S/C23H22F2N4O3S/c1-13-3-7-18(30-2)16(9-13)21-26-27-23-29(21)28-17(12-33-23)15-6-8-19(32-22(24)25)20(10-15)31-11-14-4-5-14/h3,6-10,14,22H,4-5,11-12H2,1-2H3. The van der Waals surface area contributed by atoms with Crippen LogP contribution in [-0.4, -0.2) is 46.7 Å². The summed E-state index contributed by atoms with van der Waals surface area (Å²) in [7, 11) is 1.61. The number of benzene rings is 2. The maximum atomic E-state index is 12.9. The van der Waals surface area contributed by atoms with Gasteiger partial charge in [0.05, 0.1) is 25.0 Å². The van der Waals surface area contributed by atoms with Crippen molar-refractivity contribution in [3.05, 3.63) is 47.5 Å². The lowest BCUT2D eigenvalue weighted by atomic mass is 10.1. The van der Waals surface area contributed by atoms with Crippen LogP contribution in [0.4, 0.5) is 8.78 Å². The molecule has 1 saturated carbocycles. The Morgan fingerprint density at radius 3 is 2.67 bits per heavy atom. The lowest BCUT2D eigenvalue weighted by Gasteiger charge is -2.17. The number of nitrogens with zero attached hydrogens (tertiary/aromatic N) is 4. The Morgan fingerprint density at radius 2 is 1.91 bits per heavy atom. The van der Waals surface area contributed by atoms with Crippen LogP contribution in [-0.2, 0) is 0 Å². The minimum atomic E-state index is -2.92. The van der Waals surface area contributed by atoms with E-state index >= 15 is 0 Å². The predicted octanol–water partition coefficient (Wildman–Crippen LogP) is 5.01. The summed E-state index contributed by atoms with van der Waals surface area (Å²) in [5.41, 5.74) is 3.36. The smallest absolute Gasteiger partial charge is 0.387 e. The van der Waals surface area contributed by atoms with Gasteiger partial charge in [0.1, 0.15) is 5.75 Å². The zero-order valence-electron chi connectivity index (χ0n) is 18.1. The van der Waals surface area contributed by atoms with Gasteiger partial charge >= 0.3 is 6.61 Å². The van der Waals surface area contributed by atoms with Crippen LogP contribution in [0, 0.1) is 12.8 Å². The Labute approximate surface area is 193 Å². The van der Waals surface area contributed by atoms with Gasteiger partial charge in [0.15, 0.2) is 17.3 Å². The summed E-state index contributed by atoms with van der Waals surface area (Å²) in [6.07, 6.45) is 2.19. The highest BCUT2D eigenvalue weighted by Gasteiger charge is 2.25. The third-order valence-corrected chi connectivity index (χ3v) is 6.36. The van der Waals surface area contributed by atoms with Crippen LogP contribution in [0.1, 0.15) is 24.0 Å². The Hall–Kier alpha value is -3.14. The minimum absolute atomic E-state index is 0.0219. The van der Waals surface area contributed by atoms with Crippen LogP contribution in [0.5, 0.6) is 17.2 Å². The monoisotopic (exact) mass is 472 g/mol. The highest BCUT2D eigenvalue weighted by atomic mass is 32.2. The first kappa shape index (κ1) is 21.7. The molecule has 5 rings (SSSR count). The molecule has 2 heterocycles.